The number of aromatic nitrogens is 1. The number of benzene rings is 1. The van der Waals surface area contributed by atoms with Crippen LogP contribution in [0.5, 0.6) is 0 Å². The Morgan fingerprint density at radius 1 is 1.06 bits per heavy atom. The Morgan fingerprint density at radius 3 is 2.44 bits per heavy atom. The average molecular weight is 303 g/mol. The second-order valence-electron chi connectivity index (χ2n) is 3.43. The van der Waals surface area contributed by atoms with Crippen molar-refractivity contribution in [2.24, 2.45) is 0 Å². The number of halogens is 3. The van der Waals surface area contributed by atoms with Crippen molar-refractivity contribution in [3.05, 3.63) is 51.2 Å². The molecule has 18 heavy (non-hydrogen) atoms. The molecule has 0 spiro atoms. The molecule has 3 nitrogen and oxygen atoms in total. The lowest BCUT2D eigenvalue weighted by atomic mass is 10.0. The largest absolute Gasteiger partial charge is 0.476 e. The van der Waals surface area contributed by atoms with Crippen molar-refractivity contribution >= 4 is 40.8 Å². The van der Waals surface area contributed by atoms with Crippen LogP contribution in [-0.2, 0) is 0 Å². The molecular weight excluding hydrogens is 296 g/mol. The van der Waals surface area contributed by atoms with Gasteiger partial charge in [-0.05, 0) is 12.1 Å². The van der Waals surface area contributed by atoms with Crippen molar-refractivity contribution in [2.45, 2.75) is 0 Å². The van der Waals surface area contributed by atoms with E-state index in [-0.39, 0.29) is 15.7 Å². The molecule has 0 amide bonds. The summed E-state index contributed by atoms with van der Waals surface area (Å²) in [7, 11) is 0. The molecule has 0 radical (unpaired) electrons. The van der Waals surface area contributed by atoms with Gasteiger partial charge in [0, 0.05) is 17.3 Å². The average Bonchev–Trinajstić information content (AvgIpc) is 2.36. The standard InChI is InChI=1S/C12H6Cl3NO2/c13-8-4-3-6(9(14)10(8)15)7-2-1-5-16-11(7)12(17)18/h1-5H,(H,17,18). The van der Waals surface area contributed by atoms with Crippen LogP contribution in [0.1, 0.15) is 10.5 Å². The molecule has 0 saturated carbocycles. The molecule has 0 fully saturated rings. The summed E-state index contributed by atoms with van der Waals surface area (Å²) in [5, 5.41) is 9.79. The smallest absolute Gasteiger partial charge is 0.355 e. The van der Waals surface area contributed by atoms with E-state index in [1.807, 2.05) is 0 Å². The molecule has 1 aromatic heterocycles. The van der Waals surface area contributed by atoms with Crippen LogP contribution in [-0.4, -0.2) is 16.1 Å². The van der Waals surface area contributed by atoms with Gasteiger partial charge in [0.15, 0.2) is 5.69 Å². The maximum absolute atomic E-state index is 11.1. The highest BCUT2D eigenvalue weighted by molar-refractivity contribution is 6.49. The second-order valence-corrected chi connectivity index (χ2v) is 4.59. The molecule has 6 heteroatoms. The molecule has 0 bridgehead atoms. The fourth-order valence-electron chi connectivity index (χ4n) is 1.53. The van der Waals surface area contributed by atoms with Crippen molar-refractivity contribution in [1.82, 2.24) is 4.98 Å². The zero-order valence-electron chi connectivity index (χ0n) is 8.82. The predicted octanol–water partition coefficient (Wildman–Crippen LogP) is 4.41. The summed E-state index contributed by atoms with van der Waals surface area (Å²) in [6.07, 6.45) is 1.40. The number of rotatable bonds is 2. The van der Waals surface area contributed by atoms with Crippen LogP contribution in [0.25, 0.3) is 11.1 Å². The monoisotopic (exact) mass is 301 g/mol. The summed E-state index contributed by atoms with van der Waals surface area (Å²) in [6, 6.07) is 6.41. The third kappa shape index (κ3) is 2.29. The highest BCUT2D eigenvalue weighted by Crippen LogP contribution is 2.38. The number of hydrogen-bond donors (Lipinski definition) is 1. The van der Waals surface area contributed by atoms with Gasteiger partial charge >= 0.3 is 5.97 Å². The first-order valence-corrected chi connectivity index (χ1v) is 5.98. The van der Waals surface area contributed by atoms with E-state index in [9.17, 15) is 4.79 Å². The Bertz CT molecular complexity index is 629. The summed E-state index contributed by atoms with van der Waals surface area (Å²) < 4.78 is 0. The highest BCUT2D eigenvalue weighted by atomic mass is 35.5. The van der Waals surface area contributed by atoms with Crippen molar-refractivity contribution in [3.8, 4) is 11.1 Å². The van der Waals surface area contributed by atoms with Crippen LogP contribution < -0.4 is 0 Å². The van der Waals surface area contributed by atoms with E-state index >= 15 is 0 Å². The lowest BCUT2D eigenvalue weighted by Gasteiger charge is -2.09. The Labute approximate surface area is 118 Å². The molecule has 1 aromatic carbocycles. The Kier molecular flexibility index (Phi) is 3.76. The first-order chi connectivity index (χ1) is 8.52. The van der Waals surface area contributed by atoms with Crippen molar-refractivity contribution in [2.75, 3.05) is 0 Å². The van der Waals surface area contributed by atoms with Crippen LogP contribution in [0.2, 0.25) is 15.1 Å². The van der Waals surface area contributed by atoms with Gasteiger partial charge in [0.25, 0.3) is 0 Å². The SMILES string of the molecule is O=C(O)c1ncccc1-c1ccc(Cl)c(Cl)c1Cl. The van der Waals surface area contributed by atoms with Crippen molar-refractivity contribution < 1.29 is 9.90 Å². The number of carboxylic acid groups (broad SMARTS) is 1. The summed E-state index contributed by atoms with van der Waals surface area (Å²) in [5.74, 6) is -1.13. The number of nitrogens with zero attached hydrogens (tertiary/aromatic N) is 1. The zero-order chi connectivity index (χ0) is 13.3. The van der Waals surface area contributed by atoms with E-state index in [0.717, 1.165) is 0 Å². The highest BCUT2D eigenvalue weighted by Gasteiger charge is 2.17. The fourth-order valence-corrected chi connectivity index (χ4v) is 2.16. The number of pyridine rings is 1. The number of hydrogen-bond acceptors (Lipinski definition) is 2. The van der Waals surface area contributed by atoms with E-state index in [1.54, 1.807) is 24.3 Å². The minimum Gasteiger partial charge on any atom is -0.476 e. The molecule has 0 saturated heterocycles. The molecular formula is C12H6Cl3NO2. The normalized spacial score (nSPS) is 10.4. The van der Waals surface area contributed by atoms with Gasteiger partial charge in [-0.15, -0.1) is 0 Å². The Morgan fingerprint density at radius 2 is 1.78 bits per heavy atom. The number of carbonyl (C=O) groups is 1. The molecule has 0 aliphatic rings. The second kappa shape index (κ2) is 5.14. The summed E-state index contributed by atoms with van der Waals surface area (Å²) in [5.41, 5.74) is 0.794. The lowest BCUT2D eigenvalue weighted by Crippen LogP contribution is -2.02. The first-order valence-electron chi connectivity index (χ1n) is 4.84. The summed E-state index contributed by atoms with van der Waals surface area (Å²) in [4.78, 5) is 14.9. The van der Waals surface area contributed by atoms with Gasteiger partial charge in [-0.25, -0.2) is 9.78 Å². The third-order valence-electron chi connectivity index (χ3n) is 2.34. The van der Waals surface area contributed by atoms with Gasteiger partial charge in [-0.3, -0.25) is 0 Å². The van der Waals surface area contributed by atoms with Gasteiger partial charge in [-0.2, -0.15) is 0 Å². The van der Waals surface area contributed by atoms with Gasteiger partial charge in [0.2, 0.25) is 0 Å². The van der Waals surface area contributed by atoms with Crippen molar-refractivity contribution in [1.29, 1.82) is 0 Å². The van der Waals surface area contributed by atoms with Gasteiger partial charge < -0.3 is 5.11 Å². The number of aromatic carboxylic acids is 1. The Hall–Kier alpha value is -1.29. The van der Waals surface area contributed by atoms with E-state index in [0.29, 0.717) is 16.1 Å². The summed E-state index contributed by atoms with van der Waals surface area (Å²) in [6.45, 7) is 0. The maximum Gasteiger partial charge on any atom is 0.355 e. The van der Waals surface area contributed by atoms with E-state index in [2.05, 4.69) is 4.98 Å². The van der Waals surface area contributed by atoms with Crippen LogP contribution in [0.15, 0.2) is 30.5 Å². The molecule has 2 rings (SSSR count). The third-order valence-corrected chi connectivity index (χ3v) is 3.63. The number of carboxylic acids is 1. The minimum absolute atomic E-state index is 0.0854. The summed E-state index contributed by atoms with van der Waals surface area (Å²) >= 11 is 17.8. The van der Waals surface area contributed by atoms with E-state index < -0.39 is 5.97 Å². The Balaban J connectivity index is 2.70. The molecule has 2 aromatic rings. The molecule has 1 heterocycles. The zero-order valence-corrected chi connectivity index (χ0v) is 11.1. The van der Waals surface area contributed by atoms with Gasteiger partial charge in [0.05, 0.1) is 15.1 Å². The molecule has 0 aliphatic heterocycles. The molecule has 0 unspecified atom stereocenters. The van der Waals surface area contributed by atoms with E-state index in [1.165, 1.54) is 6.20 Å². The predicted molar refractivity (Wildman–Crippen MR) is 71.7 cm³/mol. The fraction of sp³-hybridized carbons (Fsp3) is 0. The first kappa shape index (κ1) is 13.1. The topological polar surface area (TPSA) is 50.2 Å². The van der Waals surface area contributed by atoms with Gasteiger partial charge in [-0.1, -0.05) is 46.9 Å². The molecule has 0 atom stereocenters. The lowest BCUT2D eigenvalue weighted by molar-refractivity contribution is 0.0691. The minimum atomic E-state index is -1.13. The van der Waals surface area contributed by atoms with Crippen LogP contribution in [0, 0.1) is 0 Å². The van der Waals surface area contributed by atoms with Crippen LogP contribution in [0.3, 0.4) is 0 Å². The van der Waals surface area contributed by atoms with Gasteiger partial charge in [0.1, 0.15) is 0 Å². The van der Waals surface area contributed by atoms with Crippen LogP contribution in [0.4, 0.5) is 0 Å². The molecule has 92 valence electrons. The molecule has 1 N–H and O–H groups in total. The van der Waals surface area contributed by atoms with Crippen molar-refractivity contribution in [3.63, 3.8) is 0 Å². The maximum atomic E-state index is 11.1. The molecule has 0 aliphatic carbocycles. The van der Waals surface area contributed by atoms with Crippen LogP contribution >= 0.6 is 34.8 Å². The quantitative estimate of drug-likeness (QED) is 0.836. The van der Waals surface area contributed by atoms with E-state index in [4.69, 9.17) is 39.9 Å².